The lowest BCUT2D eigenvalue weighted by Crippen LogP contribution is -2.18. The lowest BCUT2D eigenvalue weighted by molar-refractivity contribution is -0.116. The van der Waals surface area contributed by atoms with Crippen LogP contribution in [0.2, 0.25) is 0 Å². The van der Waals surface area contributed by atoms with E-state index in [0.717, 1.165) is 23.0 Å². The van der Waals surface area contributed by atoms with Crippen LogP contribution in [0.25, 0.3) is 0 Å². The summed E-state index contributed by atoms with van der Waals surface area (Å²) in [7, 11) is 1.73. The highest BCUT2D eigenvalue weighted by Gasteiger charge is 2.15. The van der Waals surface area contributed by atoms with Gasteiger partial charge in [0.25, 0.3) is 0 Å². The highest BCUT2D eigenvalue weighted by molar-refractivity contribution is 9.10. The Hall–Kier alpha value is -2.72. The second kappa shape index (κ2) is 9.86. The van der Waals surface area contributed by atoms with E-state index in [4.69, 9.17) is 0 Å². The second-order valence-electron chi connectivity index (χ2n) is 6.46. The summed E-state index contributed by atoms with van der Waals surface area (Å²) in [6.45, 7) is 1.91. The van der Waals surface area contributed by atoms with Gasteiger partial charge in [0.15, 0.2) is 5.16 Å². The first-order chi connectivity index (χ1) is 14.3. The van der Waals surface area contributed by atoms with Crippen LogP contribution >= 0.6 is 27.7 Å². The van der Waals surface area contributed by atoms with E-state index in [1.807, 2.05) is 31.2 Å². The van der Waals surface area contributed by atoms with E-state index in [1.54, 1.807) is 17.7 Å². The first-order valence-electron chi connectivity index (χ1n) is 8.95. The maximum absolute atomic E-state index is 13.8. The Balaban J connectivity index is 1.55. The standard InChI is InChI=1S/C20H19BrFN5O2S/c1-12-5-3-4-6-15(12)23-18(28)10-17-25-26-20(27(17)2)30-11-19(29)24-16-8-7-13(21)9-14(16)22/h3-9H,10-11H2,1-2H3,(H,23,28)(H,24,29). The van der Waals surface area contributed by atoms with Crippen molar-refractivity contribution in [2.75, 3.05) is 16.4 Å². The quantitative estimate of drug-likeness (QED) is 0.488. The molecule has 0 unspecified atom stereocenters. The molecule has 2 amide bonds. The van der Waals surface area contributed by atoms with Gasteiger partial charge in [-0.1, -0.05) is 45.9 Å². The number of hydrogen-bond donors (Lipinski definition) is 2. The highest BCUT2D eigenvalue weighted by Crippen LogP contribution is 2.21. The minimum atomic E-state index is -0.525. The van der Waals surface area contributed by atoms with Crippen LogP contribution in [-0.2, 0) is 23.1 Å². The van der Waals surface area contributed by atoms with Crippen molar-refractivity contribution in [1.82, 2.24) is 14.8 Å². The molecular weight excluding hydrogens is 473 g/mol. The van der Waals surface area contributed by atoms with Crippen molar-refractivity contribution in [2.45, 2.75) is 18.5 Å². The molecule has 0 saturated carbocycles. The van der Waals surface area contributed by atoms with Gasteiger partial charge in [-0.2, -0.15) is 0 Å². The third-order valence-corrected chi connectivity index (χ3v) is 5.71. The second-order valence-corrected chi connectivity index (χ2v) is 8.32. The number of nitrogens with zero attached hydrogens (tertiary/aromatic N) is 3. The molecule has 3 aromatic rings. The van der Waals surface area contributed by atoms with E-state index < -0.39 is 5.82 Å². The molecule has 0 aliphatic heterocycles. The zero-order chi connectivity index (χ0) is 21.7. The lowest BCUT2D eigenvalue weighted by atomic mass is 10.2. The molecule has 30 heavy (non-hydrogen) atoms. The molecule has 3 rings (SSSR count). The number of para-hydroxylation sites is 1. The largest absolute Gasteiger partial charge is 0.325 e. The molecule has 0 aliphatic carbocycles. The molecule has 7 nitrogen and oxygen atoms in total. The van der Waals surface area contributed by atoms with Crippen LogP contribution in [0.5, 0.6) is 0 Å². The van der Waals surface area contributed by atoms with Crippen LogP contribution in [0, 0.1) is 12.7 Å². The summed E-state index contributed by atoms with van der Waals surface area (Å²) in [5.41, 5.74) is 1.82. The third kappa shape index (κ3) is 5.67. The summed E-state index contributed by atoms with van der Waals surface area (Å²) in [5, 5.41) is 13.9. The number of carbonyl (C=O) groups excluding carboxylic acids is 2. The van der Waals surface area contributed by atoms with Gasteiger partial charge in [-0.3, -0.25) is 9.59 Å². The molecule has 156 valence electrons. The Morgan fingerprint density at radius 2 is 1.83 bits per heavy atom. The van der Waals surface area contributed by atoms with Gasteiger partial charge >= 0.3 is 0 Å². The normalized spacial score (nSPS) is 10.7. The van der Waals surface area contributed by atoms with E-state index in [1.165, 1.54) is 12.1 Å². The van der Waals surface area contributed by atoms with E-state index in [0.29, 0.717) is 15.5 Å². The molecule has 0 fully saturated rings. The van der Waals surface area contributed by atoms with Crippen LogP contribution < -0.4 is 10.6 Å². The molecule has 0 radical (unpaired) electrons. The van der Waals surface area contributed by atoms with Crippen molar-refractivity contribution in [3.8, 4) is 0 Å². The summed E-state index contributed by atoms with van der Waals surface area (Å²) in [6, 6.07) is 11.9. The zero-order valence-electron chi connectivity index (χ0n) is 16.3. The van der Waals surface area contributed by atoms with Crippen LogP contribution in [0.15, 0.2) is 52.1 Å². The molecular formula is C20H19BrFN5O2S. The fourth-order valence-electron chi connectivity index (χ4n) is 2.58. The molecule has 0 saturated heterocycles. The number of aromatic nitrogens is 3. The molecule has 2 aromatic carbocycles. The Morgan fingerprint density at radius 3 is 2.57 bits per heavy atom. The average Bonchev–Trinajstić information content (AvgIpc) is 3.04. The van der Waals surface area contributed by atoms with Crippen LogP contribution in [0.3, 0.4) is 0 Å². The SMILES string of the molecule is Cc1ccccc1NC(=O)Cc1nnc(SCC(=O)Nc2ccc(Br)cc2F)n1C. The minimum Gasteiger partial charge on any atom is -0.325 e. The monoisotopic (exact) mass is 491 g/mol. The highest BCUT2D eigenvalue weighted by atomic mass is 79.9. The number of carbonyl (C=O) groups is 2. The van der Waals surface area contributed by atoms with Crippen molar-refractivity contribution in [3.05, 3.63) is 64.1 Å². The van der Waals surface area contributed by atoms with E-state index in [-0.39, 0.29) is 29.7 Å². The predicted octanol–water partition coefficient (Wildman–Crippen LogP) is 3.94. The van der Waals surface area contributed by atoms with Gasteiger partial charge in [0.05, 0.1) is 17.9 Å². The maximum Gasteiger partial charge on any atom is 0.234 e. The molecule has 1 aromatic heterocycles. The van der Waals surface area contributed by atoms with Gasteiger partial charge in [-0.25, -0.2) is 4.39 Å². The third-order valence-electron chi connectivity index (χ3n) is 4.20. The predicted molar refractivity (Wildman–Crippen MR) is 118 cm³/mol. The number of rotatable bonds is 7. The number of anilines is 2. The Bertz CT molecular complexity index is 1090. The number of aryl methyl sites for hydroxylation is 1. The topological polar surface area (TPSA) is 88.9 Å². The van der Waals surface area contributed by atoms with Crippen LogP contribution in [-0.4, -0.2) is 32.3 Å². The van der Waals surface area contributed by atoms with Gasteiger partial charge in [0.1, 0.15) is 11.6 Å². The summed E-state index contributed by atoms with van der Waals surface area (Å²) in [5.74, 6) is -0.606. The Kier molecular flexibility index (Phi) is 7.22. The van der Waals surface area contributed by atoms with Crippen molar-refractivity contribution in [3.63, 3.8) is 0 Å². The van der Waals surface area contributed by atoms with Gasteiger partial charge in [-0.15, -0.1) is 10.2 Å². The molecule has 0 aliphatic rings. The molecule has 0 atom stereocenters. The van der Waals surface area contributed by atoms with Gasteiger partial charge < -0.3 is 15.2 Å². The van der Waals surface area contributed by atoms with Gasteiger partial charge in [0.2, 0.25) is 11.8 Å². The Morgan fingerprint density at radius 1 is 1.10 bits per heavy atom. The van der Waals surface area contributed by atoms with Crippen molar-refractivity contribution in [2.24, 2.45) is 7.05 Å². The zero-order valence-corrected chi connectivity index (χ0v) is 18.7. The fraction of sp³-hybridized carbons (Fsp3) is 0.200. The molecule has 0 bridgehead atoms. The Labute approximate surface area is 185 Å². The number of halogens is 2. The fourth-order valence-corrected chi connectivity index (χ4v) is 3.65. The molecule has 0 spiro atoms. The number of nitrogens with one attached hydrogen (secondary N) is 2. The van der Waals surface area contributed by atoms with Crippen LogP contribution in [0.1, 0.15) is 11.4 Å². The molecule has 10 heteroatoms. The minimum absolute atomic E-state index is 0.0247. The number of hydrogen-bond acceptors (Lipinski definition) is 5. The number of amides is 2. The molecule has 2 N–H and O–H groups in total. The van der Waals surface area contributed by atoms with E-state index in [9.17, 15) is 14.0 Å². The number of thioether (sulfide) groups is 1. The first kappa shape index (κ1) is 22.0. The van der Waals surface area contributed by atoms with Crippen LogP contribution in [0.4, 0.5) is 15.8 Å². The summed E-state index contributed by atoms with van der Waals surface area (Å²) < 4.78 is 16.1. The lowest BCUT2D eigenvalue weighted by Gasteiger charge is -2.08. The van der Waals surface area contributed by atoms with Gasteiger partial charge in [0, 0.05) is 17.2 Å². The maximum atomic E-state index is 13.8. The first-order valence-corrected chi connectivity index (χ1v) is 10.7. The number of benzene rings is 2. The van der Waals surface area contributed by atoms with Crippen molar-refractivity contribution >= 4 is 50.9 Å². The van der Waals surface area contributed by atoms with E-state index in [2.05, 4.69) is 36.8 Å². The smallest absolute Gasteiger partial charge is 0.234 e. The van der Waals surface area contributed by atoms with Gasteiger partial charge in [-0.05, 0) is 36.8 Å². The average molecular weight is 492 g/mol. The summed E-state index contributed by atoms with van der Waals surface area (Å²) >= 11 is 4.32. The van der Waals surface area contributed by atoms with E-state index >= 15 is 0 Å². The van der Waals surface area contributed by atoms with Crippen molar-refractivity contribution < 1.29 is 14.0 Å². The summed E-state index contributed by atoms with van der Waals surface area (Å²) in [4.78, 5) is 24.4. The summed E-state index contributed by atoms with van der Waals surface area (Å²) in [6.07, 6.45) is 0.0503. The molecule has 1 heterocycles. The van der Waals surface area contributed by atoms with Crippen molar-refractivity contribution in [1.29, 1.82) is 0 Å².